The zero-order chi connectivity index (χ0) is 20.7. The molecule has 1 aliphatic rings. The molecular formula is C19H25N5O4S. The summed E-state index contributed by atoms with van der Waals surface area (Å²) < 4.78 is 32.6. The molecule has 29 heavy (non-hydrogen) atoms. The number of ether oxygens (including phenoxy) is 1. The van der Waals surface area contributed by atoms with Crippen LogP contribution < -0.4 is 4.90 Å². The Bertz CT molecular complexity index is 959. The van der Waals surface area contributed by atoms with Gasteiger partial charge in [0, 0.05) is 25.6 Å². The Hall–Kier alpha value is -2.43. The molecule has 10 heteroatoms. The summed E-state index contributed by atoms with van der Waals surface area (Å²) in [5.74, 6) is 1.62. The topological polar surface area (TPSA) is 106 Å². The highest BCUT2D eigenvalue weighted by Gasteiger charge is 2.15. The fourth-order valence-corrected chi connectivity index (χ4v) is 3.26. The fraction of sp³-hybridized carbons (Fsp3) is 0.474. The number of benzene rings is 1. The van der Waals surface area contributed by atoms with Crippen molar-refractivity contribution in [1.29, 1.82) is 0 Å². The molecule has 0 N–H and O–H groups in total. The van der Waals surface area contributed by atoms with Crippen molar-refractivity contribution in [2.75, 3.05) is 44.1 Å². The number of rotatable bonds is 8. The van der Waals surface area contributed by atoms with Crippen LogP contribution in [-0.4, -0.2) is 57.6 Å². The molecular weight excluding hydrogens is 394 g/mol. The molecule has 0 bridgehead atoms. The molecule has 2 heterocycles. The van der Waals surface area contributed by atoms with E-state index in [9.17, 15) is 8.42 Å². The predicted octanol–water partition coefficient (Wildman–Crippen LogP) is 2.42. The first-order chi connectivity index (χ1) is 13.9. The van der Waals surface area contributed by atoms with Crippen LogP contribution in [0.25, 0.3) is 0 Å². The van der Waals surface area contributed by atoms with Crippen LogP contribution in [0, 0.1) is 6.92 Å². The first-order valence-corrected chi connectivity index (χ1v) is 11.2. The second-order valence-electron chi connectivity index (χ2n) is 6.76. The zero-order valence-corrected chi connectivity index (χ0v) is 17.4. The Morgan fingerprint density at radius 1 is 1.21 bits per heavy atom. The van der Waals surface area contributed by atoms with Crippen molar-refractivity contribution in [2.45, 2.75) is 19.9 Å². The van der Waals surface area contributed by atoms with Crippen molar-refractivity contribution in [1.82, 2.24) is 9.97 Å². The number of anilines is 1. The maximum Gasteiger partial charge on any atom is 0.264 e. The van der Waals surface area contributed by atoms with E-state index in [0.29, 0.717) is 31.4 Å². The van der Waals surface area contributed by atoms with Crippen LogP contribution in [0.5, 0.6) is 0 Å². The maximum atomic E-state index is 11.2. The first kappa shape index (κ1) is 21.3. The fourth-order valence-electron chi connectivity index (χ4n) is 2.87. The number of morpholine rings is 1. The number of aryl methyl sites for hydroxylation is 1. The SMILES string of the molecule is Cc1cccc(CN=Nc2cc(N3CCOCC3)nc(CCOS(C)(=O)=O)n2)c1. The van der Waals surface area contributed by atoms with Gasteiger partial charge in [0.05, 0.1) is 32.6 Å². The van der Waals surface area contributed by atoms with Crippen molar-refractivity contribution >= 4 is 21.8 Å². The van der Waals surface area contributed by atoms with Gasteiger partial charge in [-0.2, -0.15) is 13.5 Å². The molecule has 9 nitrogen and oxygen atoms in total. The minimum absolute atomic E-state index is 0.0225. The van der Waals surface area contributed by atoms with Gasteiger partial charge in [0.15, 0.2) is 5.82 Å². The monoisotopic (exact) mass is 419 g/mol. The molecule has 1 saturated heterocycles. The van der Waals surface area contributed by atoms with E-state index < -0.39 is 10.1 Å². The quantitative estimate of drug-likeness (QED) is 0.478. The van der Waals surface area contributed by atoms with Gasteiger partial charge < -0.3 is 9.64 Å². The van der Waals surface area contributed by atoms with E-state index in [1.165, 1.54) is 5.56 Å². The molecule has 0 radical (unpaired) electrons. The summed E-state index contributed by atoms with van der Waals surface area (Å²) >= 11 is 0. The van der Waals surface area contributed by atoms with Crippen LogP contribution >= 0.6 is 0 Å². The normalized spacial score (nSPS) is 15.2. The maximum absolute atomic E-state index is 11.2. The van der Waals surface area contributed by atoms with Crippen molar-refractivity contribution in [3.63, 3.8) is 0 Å². The summed E-state index contributed by atoms with van der Waals surface area (Å²) in [7, 11) is -3.51. The number of nitrogens with zero attached hydrogens (tertiary/aromatic N) is 5. The lowest BCUT2D eigenvalue weighted by molar-refractivity contribution is 0.122. The smallest absolute Gasteiger partial charge is 0.264 e. The molecule has 0 atom stereocenters. The van der Waals surface area contributed by atoms with Crippen LogP contribution in [0.3, 0.4) is 0 Å². The molecule has 1 fully saturated rings. The molecule has 2 aromatic rings. The van der Waals surface area contributed by atoms with Crippen molar-refractivity contribution in [3.8, 4) is 0 Å². The molecule has 1 aliphatic heterocycles. The highest BCUT2D eigenvalue weighted by Crippen LogP contribution is 2.20. The van der Waals surface area contributed by atoms with E-state index in [1.807, 2.05) is 25.1 Å². The average molecular weight is 420 g/mol. The largest absolute Gasteiger partial charge is 0.378 e. The molecule has 0 aliphatic carbocycles. The molecule has 0 spiro atoms. The van der Waals surface area contributed by atoms with Gasteiger partial charge in [-0.25, -0.2) is 9.97 Å². The van der Waals surface area contributed by atoms with Crippen molar-refractivity contribution in [3.05, 3.63) is 47.3 Å². The minimum Gasteiger partial charge on any atom is -0.378 e. The Morgan fingerprint density at radius 2 is 2.00 bits per heavy atom. The van der Waals surface area contributed by atoms with E-state index in [-0.39, 0.29) is 13.0 Å². The van der Waals surface area contributed by atoms with Gasteiger partial charge in [-0.3, -0.25) is 4.18 Å². The lowest BCUT2D eigenvalue weighted by Gasteiger charge is -2.28. The van der Waals surface area contributed by atoms with Crippen LogP contribution in [0.15, 0.2) is 40.6 Å². The number of hydrogen-bond acceptors (Lipinski definition) is 9. The van der Waals surface area contributed by atoms with E-state index >= 15 is 0 Å². The summed E-state index contributed by atoms with van der Waals surface area (Å²) in [6.07, 6.45) is 1.27. The average Bonchev–Trinajstić information content (AvgIpc) is 2.68. The summed E-state index contributed by atoms with van der Waals surface area (Å²) in [5, 5.41) is 8.53. The summed E-state index contributed by atoms with van der Waals surface area (Å²) in [4.78, 5) is 11.0. The van der Waals surface area contributed by atoms with Gasteiger partial charge in [0.25, 0.3) is 10.1 Å². The summed E-state index contributed by atoms with van der Waals surface area (Å²) in [5.41, 5.74) is 2.24. The Morgan fingerprint density at radius 3 is 2.72 bits per heavy atom. The second-order valence-corrected chi connectivity index (χ2v) is 8.41. The first-order valence-electron chi connectivity index (χ1n) is 9.37. The van der Waals surface area contributed by atoms with Gasteiger partial charge >= 0.3 is 0 Å². The molecule has 3 rings (SSSR count). The number of aromatic nitrogens is 2. The molecule has 0 saturated carbocycles. The van der Waals surface area contributed by atoms with E-state index in [1.54, 1.807) is 6.07 Å². The number of azo groups is 1. The minimum atomic E-state index is -3.51. The van der Waals surface area contributed by atoms with Gasteiger partial charge in [0.1, 0.15) is 11.6 Å². The van der Waals surface area contributed by atoms with Crippen molar-refractivity contribution < 1.29 is 17.3 Å². The molecule has 1 aromatic heterocycles. The van der Waals surface area contributed by atoms with Gasteiger partial charge in [-0.1, -0.05) is 29.8 Å². The highest BCUT2D eigenvalue weighted by atomic mass is 32.2. The van der Waals surface area contributed by atoms with E-state index in [0.717, 1.165) is 30.7 Å². The second kappa shape index (κ2) is 9.86. The van der Waals surface area contributed by atoms with Crippen molar-refractivity contribution in [2.24, 2.45) is 10.2 Å². The Kier molecular flexibility index (Phi) is 7.24. The van der Waals surface area contributed by atoms with Crippen LogP contribution in [0.2, 0.25) is 0 Å². The Balaban J connectivity index is 1.76. The lowest BCUT2D eigenvalue weighted by Crippen LogP contribution is -2.37. The molecule has 156 valence electrons. The summed E-state index contributed by atoms with van der Waals surface area (Å²) in [6.45, 7) is 5.15. The predicted molar refractivity (Wildman–Crippen MR) is 109 cm³/mol. The van der Waals surface area contributed by atoms with Crippen LogP contribution in [0.1, 0.15) is 17.0 Å². The highest BCUT2D eigenvalue weighted by molar-refractivity contribution is 7.85. The third kappa shape index (κ3) is 7.15. The van der Waals surface area contributed by atoms with Crippen LogP contribution in [-0.2, 0) is 32.0 Å². The number of hydrogen-bond donors (Lipinski definition) is 0. The van der Waals surface area contributed by atoms with E-state index in [4.69, 9.17) is 8.92 Å². The standard InChI is InChI=1S/C19H25N5O4S/c1-15-4-3-5-16(12-15)14-20-23-18-13-19(24-7-10-27-11-8-24)22-17(21-18)6-9-28-29(2,25)26/h3-5,12-13H,6-11,14H2,1-2H3. The third-order valence-electron chi connectivity index (χ3n) is 4.21. The van der Waals surface area contributed by atoms with Gasteiger partial charge in [-0.15, -0.1) is 5.11 Å². The van der Waals surface area contributed by atoms with Crippen LogP contribution in [0.4, 0.5) is 11.6 Å². The van der Waals surface area contributed by atoms with Gasteiger partial charge in [0.2, 0.25) is 0 Å². The molecule has 0 amide bonds. The van der Waals surface area contributed by atoms with E-state index in [2.05, 4.69) is 31.2 Å². The molecule has 1 aromatic carbocycles. The molecule has 0 unspecified atom stereocenters. The summed E-state index contributed by atoms with van der Waals surface area (Å²) in [6, 6.07) is 9.86. The third-order valence-corrected chi connectivity index (χ3v) is 4.81. The zero-order valence-electron chi connectivity index (χ0n) is 16.6. The van der Waals surface area contributed by atoms with Gasteiger partial charge in [-0.05, 0) is 12.5 Å². The lowest BCUT2D eigenvalue weighted by atomic mass is 10.1. The Labute approximate surface area is 170 Å².